The van der Waals surface area contributed by atoms with E-state index in [1.807, 2.05) is 0 Å². The molecule has 11 atom stereocenters. The first-order valence-electron chi connectivity index (χ1n) is 13.9. The van der Waals surface area contributed by atoms with Crippen molar-refractivity contribution in [1.82, 2.24) is 0 Å². The van der Waals surface area contributed by atoms with Gasteiger partial charge in [-0.05, 0) is 104 Å². The van der Waals surface area contributed by atoms with Gasteiger partial charge in [0.25, 0.3) is 0 Å². The SMILES string of the molecule is CC[C@H](C[C@@H](O)[C@@H](C)[C@H]1CC[C@H]2[C@@H]3[C@H](OO)C=C4C[C@H](O)CC[C@]4(C)[C@H]3CC[C@]12C)C(C)C. The summed E-state index contributed by atoms with van der Waals surface area (Å²) in [5, 5.41) is 31.6. The maximum Gasteiger partial charge on any atom is 0.114 e. The molecule has 3 saturated carbocycles. The summed E-state index contributed by atoms with van der Waals surface area (Å²) in [6.07, 6.45) is 10.8. The first kappa shape index (κ1) is 25.7. The van der Waals surface area contributed by atoms with Crippen LogP contribution in [0.25, 0.3) is 0 Å². The lowest BCUT2D eigenvalue weighted by Gasteiger charge is -2.59. The van der Waals surface area contributed by atoms with Crippen molar-refractivity contribution in [3.8, 4) is 0 Å². The first-order valence-corrected chi connectivity index (χ1v) is 13.9. The fourth-order valence-electron chi connectivity index (χ4n) is 9.31. The van der Waals surface area contributed by atoms with Gasteiger partial charge in [0.1, 0.15) is 6.10 Å². The summed E-state index contributed by atoms with van der Waals surface area (Å²) in [5.41, 5.74) is 1.62. The highest BCUT2D eigenvalue weighted by Crippen LogP contribution is 2.67. The van der Waals surface area contributed by atoms with E-state index in [9.17, 15) is 15.5 Å². The minimum Gasteiger partial charge on any atom is -0.393 e. The van der Waals surface area contributed by atoms with Crippen LogP contribution in [0, 0.1) is 52.3 Å². The molecule has 0 spiro atoms. The molecular formula is C29H50O4. The second kappa shape index (κ2) is 9.56. The third-order valence-corrected chi connectivity index (χ3v) is 11.5. The van der Waals surface area contributed by atoms with Gasteiger partial charge in [-0.15, -0.1) is 0 Å². The van der Waals surface area contributed by atoms with E-state index >= 15 is 0 Å². The molecule has 0 radical (unpaired) electrons. The van der Waals surface area contributed by atoms with Crippen LogP contribution in [0.15, 0.2) is 11.6 Å². The fraction of sp³-hybridized carbons (Fsp3) is 0.931. The van der Waals surface area contributed by atoms with E-state index in [0.29, 0.717) is 41.4 Å². The van der Waals surface area contributed by atoms with Crippen LogP contribution in [0.2, 0.25) is 0 Å². The molecule has 0 amide bonds. The summed E-state index contributed by atoms with van der Waals surface area (Å²) in [6, 6.07) is 0. The smallest absolute Gasteiger partial charge is 0.114 e. The molecule has 4 aliphatic carbocycles. The Morgan fingerprint density at radius 1 is 1.06 bits per heavy atom. The molecule has 0 bridgehead atoms. The molecule has 4 heteroatoms. The van der Waals surface area contributed by atoms with Crippen molar-refractivity contribution in [2.75, 3.05) is 0 Å². The Bertz CT molecular complexity index is 718. The van der Waals surface area contributed by atoms with E-state index < -0.39 is 0 Å². The molecule has 0 aromatic rings. The molecule has 4 nitrogen and oxygen atoms in total. The van der Waals surface area contributed by atoms with Gasteiger partial charge in [0.2, 0.25) is 0 Å². The van der Waals surface area contributed by atoms with E-state index in [1.54, 1.807) is 0 Å². The Hall–Kier alpha value is -0.420. The van der Waals surface area contributed by atoms with Crippen molar-refractivity contribution < 1.29 is 20.4 Å². The van der Waals surface area contributed by atoms with Crippen LogP contribution in [0.5, 0.6) is 0 Å². The molecule has 3 N–H and O–H groups in total. The minimum atomic E-state index is -0.266. The van der Waals surface area contributed by atoms with E-state index in [0.717, 1.165) is 38.5 Å². The number of rotatable bonds is 7. The van der Waals surface area contributed by atoms with Crippen LogP contribution in [-0.4, -0.2) is 33.8 Å². The van der Waals surface area contributed by atoms with Gasteiger partial charge < -0.3 is 10.2 Å². The first-order chi connectivity index (χ1) is 15.6. The van der Waals surface area contributed by atoms with Gasteiger partial charge in [-0.2, -0.15) is 0 Å². The fourth-order valence-corrected chi connectivity index (χ4v) is 9.31. The van der Waals surface area contributed by atoms with Gasteiger partial charge in [-0.25, -0.2) is 4.89 Å². The lowest BCUT2D eigenvalue weighted by atomic mass is 9.46. The lowest BCUT2D eigenvalue weighted by molar-refractivity contribution is -0.296. The van der Waals surface area contributed by atoms with Crippen molar-refractivity contribution in [1.29, 1.82) is 0 Å². The maximum absolute atomic E-state index is 11.3. The molecule has 3 fully saturated rings. The third kappa shape index (κ3) is 4.26. The van der Waals surface area contributed by atoms with Gasteiger partial charge >= 0.3 is 0 Å². The van der Waals surface area contributed by atoms with Gasteiger partial charge in [0, 0.05) is 0 Å². The number of fused-ring (bicyclic) bond motifs is 5. The zero-order valence-electron chi connectivity index (χ0n) is 22.0. The molecule has 0 heterocycles. The Balaban J connectivity index is 1.57. The predicted molar refractivity (Wildman–Crippen MR) is 132 cm³/mol. The van der Waals surface area contributed by atoms with E-state index in [1.165, 1.54) is 24.8 Å². The number of aliphatic hydroxyl groups is 2. The van der Waals surface area contributed by atoms with Crippen molar-refractivity contribution in [3.63, 3.8) is 0 Å². The zero-order valence-corrected chi connectivity index (χ0v) is 22.0. The summed E-state index contributed by atoms with van der Waals surface area (Å²) in [5.74, 6) is 3.36. The second-order valence-corrected chi connectivity index (χ2v) is 13.2. The largest absolute Gasteiger partial charge is 0.393 e. The van der Waals surface area contributed by atoms with E-state index in [-0.39, 0.29) is 29.1 Å². The van der Waals surface area contributed by atoms with Crippen LogP contribution < -0.4 is 0 Å². The van der Waals surface area contributed by atoms with E-state index in [4.69, 9.17) is 4.89 Å². The molecule has 190 valence electrons. The quantitative estimate of drug-likeness (QED) is 0.231. The van der Waals surface area contributed by atoms with Gasteiger partial charge in [-0.3, -0.25) is 5.26 Å². The van der Waals surface area contributed by atoms with Crippen LogP contribution in [0.3, 0.4) is 0 Å². The van der Waals surface area contributed by atoms with Crippen LogP contribution in [-0.2, 0) is 4.89 Å². The average Bonchev–Trinajstić information content (AvgIpc) is 3.13. The average molecular weight is 463 g/mol. The van der Waals surface area contributed by atoms with Crippen molar-refractivity contribution >= 4 is 0 Å². The molecule has 0 unspecified atom stereocenters. The van der Waals surface area contributed by atoms with E-state index in [2.05, 4.69) is 47.6 Å². The molecule has 4 aliphatic rings. The highest BCUT2D eigenvalue weighted by Gasteiger charge is 2.62. The molecule has 0 aliphatic heterocycles. The Morgan fingerprint density at radius 3 is 2.42 bits per heavy atom. The molecule has 0 saturated heterocycles. The maximum atomic E-state index is 11.3. The molecule has 0 aromatic carbocycles. The highest BCUT2D eigenvalue weighted by molar-refractivity contribution is 5.28. The standard InChI is InChI=1S/C29H50O4/c1-7-19(17(2)3)14-25(31)18(4)22-8-9-23-27-24(11-13-29(22,23)6)28(5)12-10-21(30)15-20(28)16-26(27)33-32/h16-19,21-27,30-32H,7-15H2,1-6H3/t18-,19+,21+,22+,23-,24-,25+,26+,27-,28-,29+/m0/s1. The lowest BCUT2D eigenvalue weighted by Crippen LogP contribution is -2.55. The number of hydrogen-bond donors (Lipinski definition) is 3. The Labute approximate surface area is 202 Å². The number of aliphatic hydroxyl groups excluding tert-OH is 2. The number of hydrogen-bond acceptors (Lipinski definition) is 4. The summed E-state index contributed by atoms with van der Waals surface area (Å²) < 4.78 is 0. The third-order valence-electron chi connectivity index (χ3n) is 11.5. The van der Waals surface area contributed by atoms with Crippen molar-refractivity contribution in [2.45, 2.75) is 118 Å². The second-order valence-electron chi connectivity index (χ2n) is 13.2. The van der Waals surface area contributed by atoms with Crippen LogP contribution >= 0.6 is 0 Å². The molecular weight excluding hydrogens is 412 g/mol. The minimum absolute atomic E-state index is 0.120. The molecule has 33 heavy (non-hydrogen) atoms. The predicted octanol–water partition coefficient (Wildman–Crippen LogP) is 6.46. The zero-order chi connectivity index (χ0) is 24.1. The summed E-state index contributed by atoms with van der Waals surface area (Å²) in [7, 11) is 0. The Kier molecular flexibility index (Phi) is 7.44. The molecule has 0 aromatic heterocycles. The normalized spacial score (nSPS) is 45.6. The van der Waals surface area contributed by atoms with Crippen LogP contribution in [0.4, 0.5) is 0 Å². The highest BCUT2D eigenvalue weighted by atomic mass is 17.1. The summed E-state index contributed by atoms with van der Waals surface area (Å²) >= 11 is 0. The van der Waals surface area contributed by atoms with Gasteiger partial charge in [0.15, 0.2) is 0 Å². The van der Waals surface area contributed by atoms with Crippen LogP contribution in [0.1, 0.15) is 99.3 Å². The van der Waals surface area contributed by atoms with Crippen molar-refractivity contribution in [3.05, 3.63) is 11.6 Å². The van der Waals surface area contributed by atoms with Gasteiger partial charge in [-0.1, -0.05) is 59.6 Å². The van der Waals surface area contributed by atoms with Gasteiger partial charge in [0.05, 0.1) is 12.2 Å². The summed E-state index contributed by atoms with van der Waals surface area (Å²) in [4.78, 5) is 5.17. The monoisotopic (exact) mass is 462 g/mol. The Morgan fingerprint density at radius 2 is 1.79 bits per heavy atom. The topological polar surface area (TPSA) is 69.9 Å². The summed E-state index contributed by atoms with van der Waals surface area (Å²) in [6.45, 7) is 14.0. The van der Waals surface area contributed by atoms with Crippen molar-refractivity contribution in [2.24, 2.45) is 52.3 Å². The molecule has 4 rings (SSSR count).